The summed E-state index contributed by atoms with van der Waals surface area (Å²) < 4.78 is 14.2. The van der Waals surface area contributed by atoms with Gasteiger partial charge in [0, 0.05) is 46.1 Å². The van der Waals surface area contributed by atoms with E-state index in [1.165, 1.54) is 12.1 Å². The van der Waals surface area contributed by atoms with Gasteiger partial charge in [-0.3, -0.25) is 9.97 Å². The zero-order chi connectivity index (χ0) is 18.7. The highest BCUT2D eigenvalue weighted by atomic mass is 35.5. The molecule has 0 aliphatic heterocycles. The molecule has 0 radical (unpaired) electrons. The van der Waals surface area contributed by atoms with Crippen molar-refractivity contribution in [1.82, 2.24) is 9.97 Å². The maximum atomic E-state index is 14.2. The maximum Gasteiger partial charge on any atom is 0.132 e. The molecule has 0 saturated carbocycles. The molecule has 0 unspecified atom stereocenters. The largest absolute Gasteiger partial charge is 0.392 e. The SMILES string of the molecule is CC(C)c1cnc(-c2cc(Cl)ccc2F)cc1Nc1ccncc1CO. The molecule has 0 spiro atoms. The summed E-state index contributed by atoms with van der Waals surface area (Å²) in [6.45, 7) is 3.98. The Balaban J connectivity index is 2.09. The van der Waals surface area contributed by atoms with Gasteiger partial charge >= 0.3 is 0 Å². The van der Waals surface area contributed by atoms with Gasteiger partial charge in [-0.15, -0.1) is 0 Å². The van der Waals surface area contributed by atoms with Crippen molar-refractivity contribution in [2.75, 3.05) is 5.32 Å². The Labute approximate surface area is 156 Å². The van der Waals surface area contributed by atoms with E-state index < -0.39 is 0 Å². The first kappa shape index (κ1) is 18.3. The fraction of sp³-hybridized carbons (Fsp3) is 0.200. The quantitative estimate of drug-likeness (QED) is 0.639. The molecule has 6 heteroatoms. The van der Waals surface area contributed by atoms with Crippen molar-refractivity contribution in [3.8, 4) is 11.3 Å². The summed E-state index contributed by atoms with van der Waals surface area (Å²) in [6, 6.07) is 7.98. The van der Waals surface area contributed by atoms with Crippen LogP contribution < -0.4 is 5.32 Å². The van der Waals surface area contributed by atoms with Crippen LogP contribution in [-0.2, 0) is 6.61 Å². The summed E-state index contributed by atoms with van der Waals surface area (Å²) in [6.07, 6.45) is 4.99. The van der Waals surface area contributed by atoms with E-state index in [2.05, 4.69) is 29.1 Å². The lowest BCUT2D eigenvalue weighted by Crippen LogP contribution is -2.03. The van der Waals surface area contributed by atoms with Crippen LogP contribution in [0.4, 0.5) is 15.8 Å². The molecule has 0 aliphatic rings. The molecule has 0 aliphatic carbocycles. The molecule has 134 valence electrons. The number of pyridine rings is 2. The molecule has 4 nitrogen and oxygen atoms in total. The molecule has 3 rings (SSSR count). The molecule has 2 N–H and O–H groups in total. The van der Waals surface area contributed by atoms with E-state index in [1.54, 1.807) is 36.8 Å². The molecule has 0 atom stereocenters. The van der Waals surface area contributed by atoms with Crippen LogP contribution in [0.25, 0.3) is 11.3 Å². The van der Waals surface area contributed by atoms with Crippen LogP contribution in [0.15, 0.2) is 48.9 Å². The zero-order valence-corrected chi connectivity index (χ0v) is 15.3. The first-order valence-electron chi connectivity index (χ1n) is 8.25. The van der Waals surface area contributed by atoms with Gasteiger partial charge in [-0.2, -0.15) is 0 Å². The molecule has 3 aromatic rings. The standard InChI is InChI=1S/C20H19ClFN3O/c1-12(2)16-10-24-19(15-7-14(21)3-4-17(15)22)8-20(16)25-18-5-6-23-9-13(18)11-26/h3-10,12,26H,11H2,1-2H3,(H,23,24,25). The molecule has 0 saturated heterocycles. The summed E-state index contributed by atoms with van der Waals surface area (Å²) >= 11 is 6.01. The molecule has 0 amide bonds. The van der Waals surface area contributed by atoms with E-state index in [0.717, 1.165) is 16.9 Å². The van der Waals surface area contributed by atoms with E-state index in [-0.39, 0.29) is 18.3 Å². The minimum absolute atomic E-state index is 0.131. The maximum absolute atomic E-state index is 14.2. The van der Waals surface area contributed by atoms with Crippen LogP contribution in [0.1, 0.15) is 30.9 Å². The number of rotatable bonds is 5. The predicted octanol–water partition coefficient (Wildman–Crippen LogP) is 5.30. The van der Waals surface area contributed by atoms with Crippen molar-refractivity contribution >= 4 is 23.0 Å². The van der Waals surface area contributed by atoms with Gasteiger partial charge < -0.3 is 10.4 Å². The Bertz CT molecular complexity index is 931. The van der Waals surface area contributed by atoms with Crippen LogP contribution in [0, 0.1) is 5.82 Å². The van der Waals surface area contributed by atoms with Crippen molar-refractivity contribution in [3.05, 3.63) is 70.9 Å². The van der Waals surface area contributed by atoms with Crippen LogP contribution in [0.5, 0.6) is 0 Å². The van der Waals surface area contributed by atoms with Crippen molar-refractivity contribution in [2.24, 2.45) is 0 Å². The molecule has 2 aromatic heterocycles. The molecular formula is C20H19ClFN3O. The number of aliphatic hydroxyl groups excluding tert-OH is 1. The highest BCUT2D eigenvalue weighted by Gasteiger charge is 2.14. The molecular weight excluding hydrogens is 353 g/mol. The number of aromatic nitrogens is 2. The Morgan fingerprint density at radius 1 is 1.15 bits per heavy atom. The summed E-state index contributed by atoms with van der Waals surface area (Å²) in [5, 5.41) is 13.3. The van der Waals surface area contributed by atoms with Gasteiger partial charge in [0.1, 0.15) is 5.82 Å². The van der Waals surface area contributed by atoms with Gasteiger partial charge in [0.15, 0.2) is 0 Å². The highest BCUT2D eigenvalue weighted by Crippen LogP contribution is 2.33. The smallest absolute Gasteiger partial charge is 0.132 e. The first-order valence-corrected chi connectivity index (χ1v) is 8.63. The normalized spacial score (nSPS) is 11.0. The minimum Gasteiger partial charge on any atom is -0.392 e. The minimum atomic E-state index is -0.384. The number of nitrogens with zero attached hydrogens (tertiary/aromatic N) is 2. The number of benzene rings is 1. The fourth-order valence-corrected chi connectivity index (χ4v) is 2.87. The Morgan fingerprint density at radius 2 is 1.96 bits per heavy atom. The average molecular weight is 372 g/mol. The van der Waals surface area contributed by atoms with Crippen molar-refractivity contribution in [3.63, 3.8) is 0 Å². The third-order valence-electron chi connectivity index (χ3n) is 4.10. The number of aliphatic hydroxyl groups is 1. The molecule has 26 heavy (non-hydrogen) atoms. The van der Waals surface area contributed by atoms with Crippen LogP contribution in [0.3, 0.4) is 0 Å². The lowest BCUT2D eigenvalue weighted by molar-refractivity contribution is 0.282. The van der Waals surface area contributed by atoms with Gasteiger partial charge in [0.2, 0.25) is 0 Å². The monoisotopic (exact) mass is 371 g/mol. The average Bonchev–Trinajstić information content (AvgIpc) is 2.64. The number of hydrogen-bond donors (Lipinski definition) is 2. The Hall–Kier alpha value is -2.50. The van der Waals surface area contributed by atoms with E-state index in [1.807, 2.05) is 0 Å². The van der Waals surface area contributed by atoms with Gasteiger partial charge in [0.05, 0.1) is 12.3 Å². The second-order valence-corrected chi connectivity index (χ2v) is 6.69. The van der Waals surface area contributed by atoms with Crippen LogP contribution in [-0.4, -0.2) is 15.1 Å². The predicted molar refractivity (Wildman–Crippen MR) is 102 cm³/mol. The topological polar surface area (TPSA) is 58.0 Å². The number of anilines is 2. The molecule has 0 fully saturated rings. The summed E-state index contributed by atoms with van der Waals surface area (Å²) in [7, 11) is 0. The molecule has 0 bridgehead atoms. The van der Waals surface area contributed by atoms with Gasteiger partial charge in [-0.1, -0.05) is 25.4 Å². The van der Waals surface area contributed by atoms with E-state index in [9.17, 15) is 9.50 Å². The first-order chi connectivity index (χ1) is 12.5. The van der Waals surface area contributed by atoms with Crippen molar-refractivity contribution < 1.29 is 9.50 Å². The highest BCUT2D eigenvalue weighted by molar-refractivity contribution is 6.30. The number of halogens is 2. The second-order valence-electron chi connectivity index (χ2n) is 6.25. The molecule has 1 aromatic carbocycles. The van der Waals surface area contributed by atoms with E-state index in [0.29, 0.717) is 21.8 Å². The van der Waals surface area contributed by atoms with E-state index in [4.69, 9.17) is 11.6 Å². The van der Waals surface area contributed by atoms with Crippen LogP contribution >= 0.6 is 11.6 Å². The lowest BCUT2D eigenvalue weighted by Gasteiger charge is -2.17. The second kappa shape index (κ2) is 7.81. The molecule has 2 heterocycles. The zero-order valence-electron chi connectivity index (χ0n) is 14.5. The third kappa shape index (κ3) is 3.84. The summed E-state index contributed by atoms with van der Waals surface area (Å²) in [5.41, 5.74) is 4.02. The van der Waals surface area contributed by atoms with Crippen molar-refractivity contribution in [2.45, 2.75) is 26.4 Å². The lowest BCUT2D eigenvalue weighted by atomic mass is 10.0. The summed E-state index contributed by atoms with van der Waals surface area (Å²) in [4.78, 5) is 8.44. The van der Waals surface area contributed by atoms with Crippen molar-refractivity contribution in [1.29, 1.82) is 0 Å². The number of hydrogen-bond acceptors (Lipinski definition) is 4. The fourth-order valence-electron chi connectivity index (χ4n) is 2.70. The van der Waals surface area contributed by atoms with Gasteiger partial charge in [-0.05, 0) is 41.8 Å². The summed E-state index contributed by atoms with van der Waals surface area (Å²) in [5.74, 6) is -0.173. The van der Waals surface area contributed by atoms with E-state index >= 15 is 0 Å². The van der Waals surface area contributed by atoms with Gasteiger partial charge in [0.25, 0.3) is 0 Å². The van der Waals surface area contributed by atoms with Gasteiger partial charge in [-0.25, -0.2) is 4.39 Å². The van der Waals surface area contributed by atoms with Crippen LogP contribution in [0.2, 0.25) is 5.02 Å². The Morgan fingerprint density at radius 3 is 2.69 bits per heavy atom. The number of nitrogens with one attached hydrogen (secondary N) is 1. The Kier molecular flexibility index (Phi) is 5.49. The third-order valence-corrected chi connectivity index (χ3v) is 4.34.